The number of hydrogen-bond acceptors (Lipinski definition) is 5. The Morgan fingerprint density at radius 1 is 0.862 bits per heavy atom. The molecule has 0 saturated carbocycles. The Bertz CT molecular complexity index is 908. The molecule has 0 bridgehead atoms. The molecule has 29 heavy (non-hydrogen) atoms. The second kappa shape index (κ2) is 8.13. The third-order valence-corrected chi connectivity index (χ3v) is 5.80. The highest BCUT2D eigenvalue weighted by atomic mass is 16.5. The van der Waals surface area contributed by atoms with Crippen LogP contribution in [0, 0.1) is 0 Å². The first-order chi connectivity index (χ1) is 14.1. The van der Waals surface area contributed by atoms with E-state index in [-0.39, 0.29) is 24.3 Å². The Labute approximate surface area is 170 Å². The molecule has 0 aromatic heterocycles. The highest BCUT2D eigenvalue weighted by molar-refractivity contribution is 6.22. The van der Waals surface area contributed by atoms with E-state index < -0.39 is 0 Å². The lowest BCUT2D eigenvalue weighted by Crippen LogP contribution is -3.19. The van der Waals surface area contributed by atoms with Crippen LogP contribution in [0.2, 0.25) is 0 Å². The van der Waals surface area contributed by atoms with Gasteiger partial charge in [0.25, 0.3) is 5.91 Å². The highest BCUT2D eigenvalue weighted by Crippen LogP contribution is 2.31. The zero-order valence-corrected chi connectivity index (χ0v) is 16.8. The number of para-hydroxylation sites is 4. The number of methoxy groups -OCH3 is 2. The van der Waals surface area contributed by atoms with Crippen LogP contribution in [-0.4, -0.2) is 58.3 Å². The highest BCUT2D eigenvalue weighted by Gasteiger charge is 2.47. The normalized spacial score (nSPS) is 20.3. The van der Waals surface area contributed by atoms with Gasteiger partial charge in [0.1, 0.15) is 11.5 Å². The summed E-state index contributed by atoms with van der Waals surface area (Å²) in [4.78, 5) is 30.5. The van der Waals surface area contributed by atoms with Gasteiger partial charge < -0.3 is 19.3 Å². The zero-order valence-electron chi connectivity index (χ0n) is 16.8. The van der Waals surface area contributed by atoms with Crippen LogP contribution in [0.5, 0.6) is 11.5 Å². The topological polar surface area (TPSA) is 63.5 Å². The molecule has 1 N–H and O–H groups in total. The second-order valence-corrected chi connectivity index (χ2v) is 7.31. The van der Waals surface area contributed by atoms with Crippen LogP contribution in [0.25, 0.3) is 0 Å². The molecule has 0 radical (unpaired) electrons. The van der Waals surface area contributed by atoms with E-state index in [1.807, 2.05) is 30.3 Å². The second-order valence-electron chi connectivity index (χ2n) is 7.31. The first kappa shape index (κ1) is 19.3. The van der Waals surface area contributed by atoms with Crippen molar-refractivity contribution in [3.63, 3.8) is 0 Å². The maximum Gasteiger partial charge on any atom is 0.292 e. The third-order valence-electron chi connectivity index (χ3n) is 5.80. The molecule has 4 rings (SSSR count). The third kappa shape index (κ3) is 3.53. The molecule has 152 valence electrons. The summed E-state index contributed by atoms with van der Waals surface area (Å²) in [6, 6.07) is 14.8. The van der Waals surface area contributed by atoms with Crippen molar-refractivity contribution in [2.45, 2.75) is 12.5 Å². The van der Waals surface area contributed by atoms with E-state index in [0.717, 1.165) is 42.5 Å². The molecule has 2 heterocycles. The average molecular weight is 396 g/mol. The standard InChI is InChI=1S/C22H25N3O4/c1-28-19-9-5-3-7-16(19)23-11-13-24(14-12-23)18-15-21(26)25(22(18)27)17-8-4-6-10-20(17)29-2/h3-10,18H,11-15H2,1-2H3/p+1/t18-/m1/s1. The van der Waals surface area contributed by atoms with Crippen LogP contribution in [0.4, 0.5) is 11.4 Å². The first-order valence-electron chi connectivity index (χ1n) is 9.86. The molecule has 2 aliphatic rings. The summed E-state index contributed by atoms with van der Waals surface area (Å²) in [7, 11) is 3.22. The van der Waals surface area contributed by atoms with Crippen molar-refractivity contribution in [2.24, 2.45) is 0 Å². The molecule has 2 aliphatic heterocycles. The minimum absolute atomic E-state index is 0.139. The van der Waals surface area contributed by atoms with E-state index in [1.165, 1.54) is 4.90 Å². The SMILES string of the molecule is COc1ccccc1N1CC[NH+]([C@@H]2CC(=O)N(c3ccccc3OC)C2=O)CC1. The summed E-state index contributed by atoms with van der Waals surface area (Å²) in [6.45, 7) is 3.20. The minimum Gasteiger partial charge on any atom is -0.495 e. The summed E-state index contributed by atoms with van der Waals surface area (Å²) in [5.74, 6) is 1.08. The van der Waals surface area contributed by atoms with Crippen LogP contribution >= 0.6 is 0 Å². The lowest BCUT2D eigenvalue weighted by atomic mass is 10.1. The molecular weight excluding hydrogens is 370 g/mol. The molecule has 2 amide bonds. The van der Waals surface area contributed by atoms with Gasteiger partial charge in [-0.15, -0.1) is 0 Å². The molecule has 2 aromatic rings. The van der Waals surface area contributed by atoms with Crippen molar-refractivity contribution in [3.8, 4) is 11.5 Å². The van der Waals surface area contributed by atoms with E-state index in [2.05, 4.69) is 11.0 Å². The van der Waals surface area contributed by atoms with Gasteiger partial charge in [-0.25, -0.2) is 4.90 Å². The Morgan fingerprint density at radius 2 is 1.41 bits per heavy atom. The molecule has 0 spiro atoms. The van der Waals surface area contributed by atoms with Crippen molar-refractivity contribution in [1.29, 1.82) is 0 Å². The van der Waals surface area contributed by atoms with Gasteiger partial charge >= 0.3 is 0 Å². The first-order valence-corrected chi connectivity index (χ1v) is 9.86. The van der Waals surface area contributed by atoms with E-state index in [1.54, 1.807) is 26.4 Å². The van der Waals surface area contributed by atoms with Gasteiger partial charge in [-0.2, -0.15) is 0 Å². The van der Waals surface area contributed by atoms with Gasteiger partial charge in [0.05, 0.1) is 58.2 Å². The minimum atomic E-state index is -0.341. The number of anilines is 2. The number of ether oxygens (including phenoxy) is 2. The molecule has 0 aliphatic carbocycles. The van der Waals surface area contributed by atoms with Crippen molar-refractivity contribution in [1.82, 2.24) is 0 Å². The van der Waals surface area contributed by atoms with E-state index >= 15 is 0 Å². The van der Waals surface area contributed by atoms with Gasteiger partial charge in [-0.3, -0.25) is 9.59 Å². The number of nitrogens with one attached hydrogen (secondary N) is 1. The lowest BCUT2D eigenvalue weighted by molar-refractivity contribution is -0.915. The van der Waals surface area contributed by atoms with Gasteiger partial charge in [0.15, 0.2) is 6.04 Å². The van der Waals surface area contributed by atoms with Crippen LogP contribution in [0.1, 0.15) is 6.42 Å². The number of nitrogens with zero attached hydrogens (tertiary/aromatic N) is 2. The predicted molar refractivity (Wildman–Crippen MR) is 110 cm³/mol. The summed E-state index contributed by atoms with van der Waals surface area (Å²) < 4.78 is 10.8. The average Bonchev–Trinajstić information content (AvgIpc) is 3.07. The number of amides is 2. The Hall–Kier alpha value is -3.06. The maximum absolute atomic E-state index is 13.1. The number of rotatable bonds is 5. The van der Waals surface area contributed by atoms with Crippen LogP contribution in [0.3, 0.4) is 0 Å². The zero-order chi connectivity index (χ0) is 20.4. The molecule has 2 fully saturated rings. The van der Waals surface area contributed by atoms with Crippen LogP contribution in [-0.2, 0) is 9.59 Å². The van der Waals surface area contributed by atoms with Crippen LogP contribution in [0.15, 0.2) is 48.5 Å². The maximum atomic E-state index is 13.1. The number of piperazine rings is 1. The molecule has 2 saturated heterocycles. The number of quaternary nitrogens is 1. The molecule has 2 aromatic carbocycles. The molecular formula is C22H26N3O4+. The van der Waals surface area contributed by atoms with E-state index in [9.17, 15) is 9.59 Å². The largest absolute Gasteiger partial charge is 0.495 e. The summed E-state index contributed by atoms with van der Waals surface area (Å²) >= 11 is 0. The van der Waals surface area contributed by atoms with E-state index in [4.69, 9.17) is 9.47 Å². The van der Waals surface area contributed by atoms with E-state index in [0.29, 0.717) is 11.4 Å². The number of imide groups is 1. The quantitative estimate of drug-likeness (QED) is 0.756. The Balaban J connectivity index is 1.47. The fourth-order valence-electron chi connectivity index (χ4n) is 4.29. The predicted octanol–water partition coefficient (Wildman–Crippen LogP) is 0.741. The van der Waals surface area contributed by atoms with Crippen molar-refractivity contribution < 1.29 is 24.0 Å². The molecule has 1 atom stereocenters. The van der Waals surface area contributed by atoms with Crippen molar-refractivity contribution in [3.05, 3.63) is 48.5 Å². The number of hydrogen-bond donors (Lipinski definition) is 1. The number of benzene rings is 2. The summed E-state index contributed by atoms with van der Waals surface area (Å²) in [5, 5.41) is 0. The number of carbonyl (C=O) groups is 2. The fourth-order valence-corrected chi connectivity index (χ4v) is 4.29. The van der Waals surface area contributed by atoms with Crippen molar-refractivity contribution in [2.75, 3.05) is 50.2 Å². The number of carbonyl (C=O) groups excluding carboxylic acids is 2. The van der Waals surface area contributed by atoms with Crippen molar-refractivity contribution >= 4 is 23.2 Å². The lowest BCUT2D eigenvalue weighted by Gasteiger charge is -2.36. The Morgan fingerprint density at radius 3 is 2.03 bits per heavy atom. The van der Waals surface area contributed by atoms with Gasteiger partial charge in [-0.1, -0.05) is 24.3 Å². The van der Waals surface area contributed by atoms with Gasteiger partial charge in [0.2, 0.25) is 5.91 Å². The fraction of sp³-hybridized carbons (Fsp3) is 0.364. The molecule has 7 heteroatoms. The monoisotopic (exact) mass is 396 g/mol. The van der Waals surface area contributed by atoms with Gasteiger partial charge in [0, 0.05) is 0 Å². The molecule has 0 unspecified atom stereocenters. The summed E-state index contributed by atoms with van der Waals surface area (Å²) in [5.41, 5.74) is 1.60. The van der Waals surface area contributed by atoms with Crippen LogP contribution < -0.4 is 24.2 Å². The molecule has 7 nitrogen and oxygen atoms in total. The smallest absolute Gasteiger partial charge is 0.292 e. The van der Waals surface area contributed by atoms with Gasteiger partial charge in [-0.05, 0) is 24.3 Å². The summed E-state index contributed by atoms with van der Waals surface area (Å²) in [6.07, 6.45) is 0.237. The Kier molecular flexibility index (Phi) is 5.40.